The van der Waals surface area contributed by atoms with Crippen molar-refractivity contribution in [3.63, 3.8) is 0 Å². The normalized spacial score (nSPS) is 25.8. The molecule has 1 aromatic carbocycles. The number of benzene rings is 1. The maximum atomic E-state index is 12.0. The highest BCUT2D eigenvalue weighted by molar-refractivity contribution is 7.88. The van der Waals surface area contributed by atoms with Crippen LogP contribution in [0.3, 0.4) is 0 Å². The number of nitrogens with zero attached hydrogens (tertiary/aromatic N) is 2. The van der Waals surface area contributed by atoms with E-state index in [1.165, 1.54) is 24.7 Å². The van der Waals surface area contributed by atoms with Crippen LogP contribution in [-0.4, -0.2) is 55.6 Å². The Balaban J connectivity index is 1.77. The SMILES string of the molecule is CS(=O)(=O)N1CCN(C2CC2)CC1Cc1ccccc1. The predicted molar refractivity (Wildman–Crippen MR) is 80.1 cm³/mol. The average molecular weight is 294 g/mol. The van der Waals surface area contributed by atoms with Crippen LogP contribution in [0, 0.1) is 0 Å². The summed E-state index contributed by atoms with van der Waals surface area (Å²) in [6.45, 7) is 2.38. The molecule has 3 rings (SSSR count). The molecule has 1 aliphatic carbocycles. The van der Waals surface area contributed by atoms with Crippen LogP contribution < -0.4 is 0 Å². The molecule has 0 amide bonds. The van der Waals surface area contributed by atoms with E-state index < -0.39 is 10.0 Å². The molecule has 0 radical (unpaired) electrons. The first-order chi connectivity index (χ1) is 9.54. The molecule has 1 atom stereocenters. The number of hydrogen-bond donors (Lipinski definition) is 0. The Morgan fingerprint density at radius 1 is 1.15 bits per heavy atom. The van der Waals surface area contributed by atoms with Crippen molar-refractivity contribution >= 4 is 10.0 Å². The van der Waals surface area contributed by atoms with Gasteiger partial charge in [0.25, 0.3) is 0 Å². The molecule has 1 saturated heterocycles. The van der Waals surface area contributed by atoms with Gasteiger partial charge in [-0.2, -0.15) is 4.31 Å². The van der Waals surface area contributed by atoms with Gasteiger partial charge < -0.3 is 0 Å². The van der Waals surface area contributed by atoms with Gasteiger partial charge in [-0.25, -0.2) is 8.42 Å². The van der Waals surface area contributed by atoms with Crippen LogP contribution in [0.2, 0.25) is 0 Å². The van der Waals surface area contributed by atoms with Gasteiger partial charge >= 0.3 is 0 Å². The van der Waals surface area contributed by atoms with Crippen LogP contribution in [-0.2, 0) is 16.4 Å². The Kier molecular flexibility index (Phi) is 3.84. The molecule has 1 aromatic rings. The zero-order valence-electron chi connectivity index (χ0n) is 11.9. The summed E-state index contributed by atoms with van der Waals surface area (Å²) < 4.78 is 25.7. The molecule has 1 aliphatic heterocycles. The molecule has 2 aliphatic rings. The number of hydrogen-bond acceptors (Lipinski definition) is 3. The smallest absolute Gasteiger partial charge is 0.211 e. The van der Waals surface area contributed by atoms with E-state index in [-0.39, 0.29) is 6.04 Å². The van der Waals surface area contributed by atoms with Crippen molar-refractivity contribution in [3.05, 3.63) is 35.9 Å². The maximum absolute atomic E-state index is 12.0. The molecule has 0 spiro atoms. The third-order valence-electron chi connectivity index (χ3n) is 4.26. The molecular formula is C15H22N2O2S. The Hall–Kier alpha value is -0.910. The van der Waals surface area contributed by atoms with E-state index >= 15 is 0 Å². The molecule has 0 N–H and O–H groups in total. The van der Waals surface area contributed by atoms with E-state index in [0.29, 0.717) is 12.6 Å². The minimum Gasteiger partial charge on any atom is -0.297 e. The highest BCUT2D eigenvalue weighted by Crippen LogP contribution is 2.30. The number of sulfonamides is 1. The van der Waals surface area contributed by atoms with Crippen molar-refractivity contribution < 1.29 is 8.42 Å². The van der Waals surface area contributed by atoms with Gasteiger partial charge in [0.2, 0.25) is 10.0 Å². The first-order valence-electron chi connectivity index (χ1n) is 7.29. The topological polar surface area (TPSA) is 40.6 Å². The third-order valence-corrected chi connectivity index (χ3v) is 5.60. The lowest BCUT2D eigenvalue weighted by Gasteiger charge is -2.40. The van der Waals surface area contributed by atoms with Crippen molar-refractivity contribution in [3.8, 4) is 0 Å². The molecule has 0 bridgehead atoms. The molecule has 5 heteroatoms. The molecule has 1 saturated carbocycles. The van der Waals surface area contributed by atoms with E-state index in [2.05, 4.69) is 17.0 Å². The van der Waals surface area contributed by atoms with Crippen molar-refractivity contribution in [1.82, 2.24) is 9.21 Å². The third kappa shape index (κ3) is 3.22. The molecule has 20 heavy (non-hydrogen) atoms. The van der Waals surface area contributed by atoms with E-state index in [9.17, 15) is 8.42 Å². The Morgan fingerprint density at radius 3 is 2.45 bits per heavy atom. The molecule has 1 unspecified atom stereocenters. The Bertz CT molecular complexity index is 554. The summed E-state index contributed by atoms with van der Waals surface area (Å²) >= 11 is 0. The zero-order chi connectivity index (χ0) is 14.2. The monoisotopic (exact) mass is 294 g/mol. The second-order valence-electron chi connectivity index (χ2n) is 5.94. The molecule has 1 heterocycles. The molecule has 110 valence electrons. The van der Waals surface area contributed by atoms with E-state index in [1.54, 1.807) is 4.31 Å². The van der Waals surface area contributed by atoms with Crippen LogP contribution in [0.1, 0.15) is 18.4 Å². The van der Waals surface area contributed by atoms with Gasteiger partial charge in [0.1, 0.15) is 0 Å². The van der Waals surface area contributed by atoms with Crippen LogP contribution in [0.25, 0.3) is 0 Å². The summed E-state index contributed by atoms with van der Waals surface area (Å²) in [5, 5.41) is 0. The van der Waals surface area contributed by atoms with E-state index in [0.717, 1.165) is 19.5 Å². The van der Waals surface area contributed by atoms with Crippen LogP contribution >= 0.6 is 0 Å². The lowest BCUT2D eigenvalue weighted by molar-refractivity contribution is 0.128. The van der Waals surface area contributed by atoms with Crippen LogP contribution in [0.4, 0.5) is 0 Å². The second kappa shape index (κ2) is 5.47. The fraction of sp³-hybridized carbons (Fsp3) is 0.600. The zero-order valence-corrected chi connectivity index (χ0v) is 12.7. The average Bonchev–Trinajstić information content (AvgIpc) is 3.23. The highest BCUT2D eigenvalue weighted by Gasteiger charge is 2.38. The fourth-order valence-electron chi connectivity index (χ4n) is 3.12. The summed E-state index contributed by atoms with van der Waals surface area (Å²) in [6.07, 6.45) is 4.68. The summed E-state index contributed by atoms with van der Waals surface area (Å²) in [4.78, 5) is 2.47. The van der Waals surface area contributed by atoms with Gasteiger partial charge in [0.05, 0.1) is 6.26 Å². The van der Waals surface area contributed by atoms with Gasteiger partial charge in [-0.1, -0.05) is 30.3 Å². The minimum absolute atomic E-state index is 0.0711. The van der Waals surface area contributed by atoms with Crippen molar-refractivity contribution in [1.29, 1.82) is 0 Å². The number of rotatable bonds is 4. The molecule has 4 nitrogen and oxygen atoms in total. The fourth-order valence-corrected chi connectivity index (χ4v) is 4.22. The maximum Gasteiger partial charge on any atom is 0.211 e. The van der Waals surface area contributed by atoms with Crippen LogP contribution in [0.15, 0.2) is 30.3 Å². The van der Waals surface area contributed by atoms with Gasteiger partial charge in [-0.3, -0.25) is 4.90 Å². The number of piperazine rings is 1. The van der Waals surface area contributed by atoms with Crippen molar-refractivity contribution in [2.75, 3.05) is 25.9 Å². The lowest BCUT2D eigenvalue weighted by Crippen LogP contribution is -2.56. The Morgan fingerprint density at radius 2 is 1.85 bits per heavy atom. The largest absolute Gasteiger partial charge is 0.297 e. The van der Waals surface area contributed by atoms with Gasteiger partial charge in [0.15, 0.2) is 0 Å². The van der Waals surface area contributed by atoms with E-state index in [4.69, 9.17) is 0 Å². The standard InChI is InChI=1S/C15H22N2O2S/c1-20(18,19)17-10-9-16(14-7-8-14)12-15(17)11-13-5-3-2-4-6-13/h2-6,14-15H,7-12H2,1H3. The van der Waals surface area contributed by atoms with Crippen LogP contribution in [0.5, 0.6) is 0 Å². The second-order valence-corrected chi connectivity index (χ2v) is 7.88. The summed E-state index contributed by atoms with van der Waals surface area (Å²) in [5.74, 6) is 0. The predicted octanol–water partition coefficient (Wildman–Crippen LogP) is 1.34. The quantitative estimate of drug-likeness (QED) is 0.841. The Labute approximate surface area is 121 Å². The van der Waals surface area contributed by atoms with Gasteiger partial charge in [-0.05, 0) is 24.8 Å². The minimum atomic E-state index is -3.12. The van der Waals surface area contributed by atoms with Crippen molar-refractivity contribution in [2.45, 2.75) is 31.3 Å². The van der Waals surface area contributed by atoms with Crippen molar-refractivity contribution in [2.24, 2.45) is 0 Å². The lowest BCUT2D eigenvalue weighted by atomic mass is 10.0. The molecular weight excluding hydrogens is 272 g/mol. The van der Waals surface area contributed by atoms with Gasteiger partial charge in [-0.15, -0.1) is 0 Å². The summed E-state index contributed by atoms with van der Waals surface area (Å²) in [5.41, 5.74) is 1.21. The molecule has 0 aromatic heterocycles. The first-order valence-corrected chi connectivity index (χ1v) is 9.13. The highest BCUT2D eigenvalue weighted by atomic mass is 32.2. The van der Waals surface area contributed by atoms with Gasteiger partial charge in [0, 0.05) is 31.7 Å². The summed E-state index contributed by atoms with van der Waals surface area (Å²) in [7, 11) is -3.12. The summed E-state index contributed by atoms with van der Waals surface area (Å²) in [6, 6.07) is 11.0. The molecule has 2 fully saturated rings. The first kappa shape index (κ1) is 14.0. The van der Waals surface area contributed by atoms with E-state index in [1.807, 2.05) is 18.2 Å².